The van der Waals surface area contributed by atoms with Crippen molar-refractivity contribution in [3.05, 3.63) is 35.1 Å². The summed E-state index contributed by atoms with van der Waals surface area (Å²) >= 11 is 0. The summed E-state index contributed by atoms with van der Waals surface area (Å²) < 4.78 is 13.8. The predicted molar refractivity (Wildman–Crippen MR) is 80.5 cm³/mol. The molecule has 0 spiro atoms. The SMILES string of the molecule is CN(C)CCCNC(=O)c1ccc(C#CCCO)c(F)c1. The monoisotopic (exact) mass is 292 g/mol. The third kappa shape index (κ3) is 6.39. The summed E-state index contributed by atoms with van der Waals surface area (Å²) in [5, 5.41) is 11.4. The molecule has 0 aliphatic rings. The van der Waals surface area contributed by atoms with E-state index in [9.17, 15) is 9.18 Å². The van der Waals surface area contributed by atoms with Crippen LogP contribution in [-0.4, -0.2) is 49.7 Å². The van der Waals surface area contributed by atoms with Gasteiger partial charge in [-0.1, -0.05) is 11.8 Å². The highest BCUT2D eigenvalue weighted by atomic mass is 19.1. The number of hydrogen-bond donors (Lipinski definition) is 2. The second kappa shape index (κ2) is 9.11. The zero-order valence-electron chi connectivity index (χ0n) is 12.4. The zero-order chi connectivity index (χ0) is 15.7. The zero-order valence-corrected chi connectivity index (χ0v) is 12.4. The molecule has 5 heteroatoms. The van der Waals surface area contributed by atoms with Crippen molar-refractivity contribution >= 4 is 5.91 Å². The number of carbonyl (C=O) groups is 1. The lowest BCUT2D eigenvalue weighted by Gasteiger charge is -2.10. The molecule has 0 fully saturated rings. The lowest BCUT2D eigenvalue weighted by atomic mass is 10.1. The number of rotatable bonds is 6. The van der Waals surface area contributed by atoms with Gasteiger partial charge in [0.15, 0.2) is 0 Å². The van der Waals surface area contributed by atoms with E-state index in [1.807, 2.05) is 19.0 Å². The van der Waals surface area contributed by atoms with Crippen LogP contribution in [0.15, 0.2) is 18.2 Å². The molecule has 1 rings (SSSR count). The molecule has 0 aromatic heterocycles. The predicted octanol–water partition coefficient (Wildman–Crippen LogP) is 1.24. The van der Waals surface area contributed by atoms with Crippen molar-refractivity contribution in [3.8, 4) is 11.8 Å². The second-order valence-corrected chi connectivity index (χ2v) is 4.88. The van der Waals surface area contributed by atoms with Crippen LogP contribution in [0.25, 0.3) is 0 Å². The molecule has 2 N–H and O–H groups in total. The van der Waals surface area contributed by atoms with Gasteiger partial charge in [-0.05, 0) is 45.3 Å². The van der Waals surface area contributed by atoms with Gasteiger partial charge in [0.1, 0.15) is 5.82 Å². The first-order valence-corrected chi connectivity index (χ1v) is 6.87. The Labute approximate surface area is 125 Å². The molecular formula is C16H21FN2O2. The van der Waals surface area contributed by atoms with Crippen molar-refractivity contribution in [2.24, 2.45) is 0 Å². The first-order chi connectivity index (χ1) is 10.0. The second-order valence-electron chi connectivity index (χ2n) is 4.88. The highest BCUT2D eigenvalue weighted by Crippen LogP contribution is 2.09. The molecule has 0 aliphatic carbocycles. The van der Waals surface area contributed by atoms with Gasteiger partial charge in [0.05, 0.1) is 12.2 Å². The van der Waals surface area contributed by atoms with Crippen LogP contribution < -0.4 is 5.32 Å². The van der Waals surface area contributed by atoms with E-state index in [0.29, 0.717) is 13.0 Å². The topological polar surface area (TPSA) is 52.6 Å². The van der Waals surface area contributed by atoms with Crippen molar-refractivity contribution in [2.75, 3.05) is 33.8 Å². The Balaban J connectivity index is 2.58. The van der Waals surface area contributed by atoms with E-state index >= 15 is 0 Å². The van der Waals surface area contributed by atoms with Crippen LogP contribution in [0, 0.1) is 17.7 Å². The van der Waals surface area contributed by atoms with Gasteiger partial charge in [0, 0.05) is 18.5 Å². The van der Waals surface area contributed by atoms with E-state index in [1.54, 1.807) is 6.07 Å². The van der Waals surface area contributed by atoms with E-state index in [1.165, 1.54) is 12.1 Å². The maximum Gasteiger partial charge on any atom is 0.251 e. The first-order valence-electron chi connectivity index (χ1n) is 6.87. The fraction of sp³-hybridized carbons (Fsp3) is 0.438. The molecule has 1 aromatic carbocycles. The fourth-order valence-corrected chi connectivity index (χ4v) is 1.67. The summed E-state index contributed by atoms with van der Waals surface area (Å²) in [5.74, 6) is 4.45. The van der Waals surface area contributed by atoms with E-state index in [4.69, 9.17) is 5.11 Å². The number of halogens is 1. The Hall–Kier alpha value is -1.90. The van der Waals surface area contributed by atoms with Crippen molar-refractivity contribution in [3.63, 3.8) is 0 Å². The summed E-state index contributed by atoms with van der Waals surface area (Å²) in [6.45, 7) is 1.38. The van der Waals surface area contributed by atoms with E-state index in [-0.39, 0.29) is 23.6 Å². The number of nitrogens with one attached hydrogen (secondary N) is 1. The smallest absolute Gasteiger partial charge is 0.251 e. The lowest BCUT2D eigenvalue weighted by Crippen LogP contribution is -2.27. The molecule has 0 heterocycles. The number of hydrogen-bond acceptors (Lipinski definition) is 3. The van der Waals surface area contributed by atoms with Crippen molar-refractivity contribution < 1.29 is 14.3 Å². The van der Waals surface area contributed by atoms with Crippen molar-refractivity contribution in [1.29, 1.82) is 0 Å². The van der Waals surface area contributed by atoms with Crippen LogP contribution in [-0.2, 0) is 0 Å². The molecule has 1 aromatic rings. The molecule has 4 nitrogen and oxygen atoms in total. The van der Waals surface area contributed by atoms with E-state index < -0.39 is 5.82 Å². The molecule has 0 atom stereocenters. The molecule has 0 unspecified atom stereocenters. The summed E-state index contributed by atoms with van der Waals surface area (Å²) in [4.78, 5) is 13.9. The van der Waals surface area contributed by atoms with Crippen LogP contribution in [0.2, 0.25) is 0 Å². The Kier molecular flexibility index (Phi) is 7.44. The highest BCUT2D eigenvalue weighted by molar-refractivity contribution is 5.94. The maximum absolute atomic E-state index is 13.8. The molecule has 0 saturated heterocycles. The molecule has 0 saturated carbocycles. The maximum atomic E-state index is 13.8. The number of carbonyl (C=O) groups excluding carboxylic acids is 1. The summed E-state index contributed by atoms with van der Waals surface area (Å²) in [7, 11) is 3.93. The molecular weight excluding hydrogens is 271 g/mol. The minimum Gasteiger partial charge on any atom is -0.395 e. The Morgan fingerprint density at radius 3 is 2.81 bits per heavy atom. The van der Waals surface area contributed by atoms with Crippen LogP contribution in [0.1, 0.15) is 28.8 Å². The first kappa shape index (κ1) is 17.2. The van der Waals surface area contributed by atoms with Crippen LogP contribution >= 0.6 is 0 Å². The number of benzene rings is 1. The summed E-state index contributed by atoms with van der Waals surface area (Å²) in [5.41, 5.74) is 0.512. The van der Waals surface area contributed by atoms with Gasteiger partial charge in [0.2, 0.25) is 0 Å². The Morgan fingerprint density at radius 2 is 2.19 bits per heavy atom. The molecule has 1 amide bonds. The molecule has 0 radical (unpaired) electrons. The van der Waals surface area contributed by atoms with Crippen LogP contribution in [0.3, 0.4) is 0 Å². The summed E-state index contributed by atoms with van der Waals surface area (Å²) in [6.07, 6.45) is 1.14. The molecule has 21 heavy (non-hydrogen) atoms. The van der Waals surface area contributed by atoms with Gasteiger partial charge >= 0.3 is 0 Å². The van der Waals surface area contributed by atoms with Crippen molar-refractivity contribution in [1.82, 2.24) is 10.2 Å². The molecule has 0 aliphatic heterocycles. The van der Waals surface area contributed by atoms with E-state index in [0.717, 1.165) is 13.0 Å². The quantitative estimate of drug-likeness (QED) is 0.613. The normalized spacial score (nSPS) is 10.1. The van der Waals surface area contributed by atoms with Gasteiger partial charge in [0.25, 0.3) is 5.91 Å². The Morgan fingerprint density at radius 1 is 1.43 bits per heavy atom. The number of amides is 1. The minimum absolute atomic E-state index is 0.0535. The molecule has 0 bridgehead atoms. The average molecular weight is 292 g/mol. The average Bonchev–Trinajstić information content (AvgIpc) is 2.45. The standard InChI is InChI=1S/C16H21FN2O2/c1-19(2)10-5-9-18-16(21)14-8-7-13(15(17)12-14)6-3-4-11-20/h7-8,12,20H,4-5,9-11H2,1-2H3,(H,18,21). The number of aliphatic hydroxyl groups is 1. The number of aliphatic hydroxyl groups excluding tert-OH is 1. The highest BCUT2D eigenvalue weighted by Gasteiger charge is 2.08. The van der Waals surface area contributed by atoms with Gasteiger partial charge in [-0.2, -0.15) is 0 Å². The largest absolute Gasteiger partial charge is 0.395 e. The number of nitrogens with zero attached hydrogens (tertiary/aromatic N) is 1. The lowest BCUT2D eigenvalue weighted by molar-refractivity contribution is 0.0952. The van der Waals surface area contributed by atoms with Crippen LogP contribution in [0.4, 0.5) is 4.39 Å². The Bertz CT molecular complexity index is 533. The summed E-state index contributed by atoms with van der Waals surface area (Å²) in [6, 6.07) is 4.21. The molecule has 114 valence electrons. The van der Waals surface area contributed by atoms with E-state index in [2.05, 4.69) is 17.2 Å². The third-order valence-electron chi connectivity index (χ3n) is 2.76. The van der Waals surface area contributed by atoms with Gasteiger partial charge in [-0.3, -0.25) is 4.79 Å². The van der Waals surface area contributed by atoms with Gasteiger partial charge in [-0.15, -0.1) is 0 Å². The van der Waals surface area contributed by atoms with Gasteiger partial charge < -0.3 is 15.3 Å². The fourth-order valence-electron chi connectivity index (χ4n) is 1.67. The minimum atomic E-state index is -0.526. The van der Waals surface area contributed by atoms with Crippen molar-refractivity contribution in [2.45, 2.75) is 12.8 Å². The van der Waals surface area contributed by atoms with Gasteiger partial charge in [-0.25, -0.2) is 4.39 Å². The van der Waals surface area contributed by atoms with Crippen LogP contribution in [0.5, 0.6) is 0 Å². The third-order valence-corrected chi connectivity index (χ3v) is 2.76.